The van der Waals surface area contributed by atoms with Gasteiger partial charge in [-0.05, 0) is 62.3 Å². The van der Waals surface area contributed by atoms with Gasteiger partial charge in [0.25, 0.3) is 0 Å². The molecule has 2 nitrogen and oxygen atoms in total. The largest absolute Gasteiger partial charge is 0.329 e. The van der Waals surface area contributed by atoms with E-state index in [-0.39, 0.29) is 0 Å². The predicted octanol–water partition coefficient (Wildman–Crippen LogP) is 3.55. The lowest BCUT2D eigenvalue weighted by molar-refractivity contribution is 0.0235. The summed E-state index contributed by atoms with van der Waals surface area (Å²) in [7, 11) is 0. The Morgan fingerprint density at radius 3 is 2.00 bits per heavy atom. The molecule has 3 rings (SSSR count). The normalized spacial score (nSPS) is 33.0. The number of likely N-dealkylation sites (tertiary alicyclic amines) is 1. The molecule has 0 aromatic heterocycles. The number of nitrogens with zero attached hydrogens (tertiary/aromatic N) is 1. The smallest absolute Gasteiger partial charge is 0.0332 e. The highest BCUT2D eigenvalue weighted by Gasteiger charge is 2.48. The second-order valence-corrected chi connectivity index (χ2v) is 8.47. The Bertz CT molecular complexity index is 318. The van der Waals surface area contributed by atoms with E-state index in [1.165, 1.54) is 70.9 Å². The molecule has 0 atom stereocenters. The average Bonchev–Trinajstić information content (AvgIpc) is 2.99. The van der Waals surface area contributed by atoms with Crippen molar-refractivity contribution in [1.29, 1.82) is 0 Å². The van der Waals surface area contributed by atoms with Crippen molar-refractivity contribution in [2.24, 2.45) is 16.6 Å². The Morgan fingerprint density at radius 2 is 1.53 bits per heavy atom. The molecule has 2 aliphatic carbocycles. The van der Waals surface area contributed by atoms with E-state index >= 15 is 0 Å². The van der Waals surface area contributed by atoms with E-state index in [1.54, 1.807) is 0 Å². The lowest BCUT2D eigenvalue weighted by atomic mass is 9.66. The maximum absolute atomic E-state index is 6.25. The fourth-order valence-electron chi connectivity index (χ4n) is 5.04. The monoisotopic (exact) mass is 264 g/mol. The molecule has 19 heavy (non-hydrogen) atoms. The summed E-state index contributed by atoms with van der Waals surface area (Å²) >= 11 is 0. The molecule has 2 saturated carbocycles. The minimum absolute atomic E-state index is 0.349. The first-order valence-corrected chi connectivity index (χ1v) is 8.45. The van der Waals surface area contributed by atoms with Crippen LogP contribution in [0.15, 0.2) is 0 Å². The maximum atomic E-state index is 6.25. The molecular formula is C17H32N2. The summed E-state index contributed by atoms with van der Waals surface area (Å²) in [5.74, 6) is 0. The van der Waals surface area contributed by atoms with E-state index in [2.05, 4.69) is 18.7 Å². The van der Waals surface area contributed by atoms with Crippen LogP contribution in [-0.4, -0.2) is 30.1 Å². The fraction of sp³-hybridized carbons (Fsp3) is 1.00. The third kappa shape index (κ3) is 2.47. The van der Waals surface area contributed by atoms with Crippen molar-refractivity contribution in [1.82, 2.24) is 4.90 Å². The van der Waals surface area contributed by atoms with Crippen LogP contribution in [0.25, 0.3) is 0 Å². The van der Waals surface area contributed by atoms with Crippen molar-refractivity contribution in [3.8, 4) is 0 Å². The number of rotatable bonds is 2. The van der Waals surface area contributed by atoms with Crippen LogP contribution < -0.4 is 5.73 Å². The number of hydrogen-bond donors (Lipinski definition) is 1. The number of hydrogen-bond acceptors (Lipinski definition) is 2. The van der Waals surface area contributed by atoms with Gasteiger partial charge in [-0.1, -0.05) is 26.7 Å². The van der Waals surface area contributed by atoms with Crippen LogP contribution in [0.1, 0.15) is 71.6 Å². The third-order valence-corrected chi connectivity index (χ3v) is 6.63. The van der Waals surface area contributed by atoms with Crippen LogP contribution in [-0.2, 0) is 0 Å². The van der Waals surface area contributed by atoms with E-state index in [0.717, 1.165) is 12.0 Å². The molecule has 0 unspecified atom stereocenters. The molecule has 1 spiro atoms. The SMILES string of the molecule is CC1(C)CCN(C2(CN)CCC3(CCCC3)CC2)C1. The van der Waals surface area contributed by atoms with Crippen molar-refractivity contribution in [3.05, 3.63) is 0 Å². The topological polar surface area (TPSA) is 29.3 Å². The molecule has 2 N–H and O–H groups in total. The van der Waals surface area contributed by atoms with Crippen molar-refractivity contribution < 1.29 is 0 Å². The van der Waals surface area contributed by atoms with Gasteiger partial charge in [-0.3, -0.25) is 4.90 Å². The van der Waals surface area contributed by atoms with Crippen molar-refractivity contribution in [2.45, 2.75) is 77.2 Å². The molecule has 110 valence electrons. The maximum Gasteiger partial charge on any atom is 0.0332 e. The molecule has 0 radical (unpaired) electrons. The Kier molecular flexibility index (Phi) is 3.46. The highest BCUT2D eigenvalue weighted by atomic mass is 15.2. The molecule has 0 amide bonds. The first kappa shape index (κ1) is 13.9. The van der Waals surface area contributed by atoms with Gasteiger partial charge in [-0.25, -0.2) is 0 Å². The van der Waals surface area contributed by atoms with E-state index in [4.69, 9.17) is 5.73 Å². The summed E-state index contributed by atoms with van der Waals surface area (Å²) in [6.07, 6.45) is 12.9. The zero-order valence-corrected chi connectivity index (χ0v) is 13.0. The minimum atomic E-state index is 0.349. The quantitative estimate of drug-likeness (QED) is 0.826. The van der Waals surface area contributed by atoms with Crippen LogP contribution >= 0.6 is 0 Å². The Hall–Kier alpha value is -0.0800. The summed E-state index contributed by atoms with van der Waals surface area (Å²) < 4.78 is 0. The first-order chi connectivity index (χ1) is 8.99. The van der Waals surface area contributed by atoms with Gasteiger partial charge in [0.05, 0.1) is 0 Å². The Labute approximate surface area is 119 Å². The zero-order valence-electron chi connectivity index (χ0n) is 13.0. The van der Waals surface area contributed by atoms with Crippen LogP contribution in [0.2, 0.25) is 0 Å². The number of nitrogens with two attached hydrogens (primary N) is 1. The molecule has 3 aliphatic rings. The zero-order chi connectivity index (χ0) is 13.6. The van der Waals surface area contributed by atoms with Gasteiger partial charge in [0.15, 0.2) is 0 Å². The Balaban J connectivity index is 1.68. The van der Waals surface area contributed by atoms with Gasteiger partial charge in [0.1, 0.15) is 0 Å². The van der Waals surface area contributed by atoms with E-state index in [1.807, 2.05) is 0 Å². The average molecular weight is 264 g/mol. The highest BCUT2D eigenvalue weighted by Crippen LogP contribution is 2.53. The van der Waals surface area contributed by atoms with Gasteiger partial charge in [-0.15, -0.1) is 0 Å². The first-order valence-electron chi connectivity index (χ1n) is 8.45. The van der Waals surface area contributed by atoms with Gasteiger partial charge in [0.2, 0.25) is 0 Å². The third-order valence-electron chi connectivity index (χ3n) is 6.63. The van der Waals surface area contributed by atoms with Crippen molar-refractivity contribution >= 4 is 0 Å². The van der Waals surface area contributed by atoms with Crippen molar-refractivity contribution in [3.63, 3.8) is 0 Å². The minimum Gasteiger partial charge on any atom is -0.329 e. The fourth-order valence-corrected chi connectivity index (χ4v) is 5.04. The van der Waals surface area contributed by atoms with Crippen LogP contribution in [0, 0.1) is 10.8 Å². The lowest BCUT2D eigenvalue weighted by Crippen LogP contribution is -2.56. The molecule has 1 heterocycles. The van der Waals surface area contributed by atoms with Crippen LogP contribution in [0.5, 0.6) is 0 Å². The summed E-state index contributed by atoms with van der Waals surface area (Å²) in [6, 6.07) is 0. The van der Waals surface area contributed by atoms with E-state index in [0.29, 0.717) is 11.0 Å². The molecule has 1 aliphatic heterocycles. The molecule has 0 aromatic carbocycles. The molecule has 3 fully saturated rings. The second-order valence-electron chi connectivity index (χ2n) is 8.47. The second kappa shape index (κ2) is 4.73. The summed E-state index contributed by atoms with van der Waals surface area (Å²) in [4.78, 5) is 2.76. The molecular weight excluding hydrogens is 232 g/mol. The standard InChI is InChI=1S/C17H32N2/c1-15(2)11-12-19(14-15)17(13-18)9-7-16(8-10-17)5-3-4-6-16/h3-14,18H2,1-2H3. The molecule has 2 heteroatoms. The van der Waals surface area contributed by atoms with Crippen molar-refractivity contribution in [2.75, 3.05) is 19.6 Å². The van der Waals surface area contributed by atoms with Crippen LogP contribution in [0.4, 0.5) is 0 Å². The van der Waals surface area contributed by atoms with Gasteiger partial charge >= 0.3 is 0 Å². The molecule has 0 aromatic rings. The van der Waals surface area contributed by atoms with Gasteiger partial charge in [0, 0.05) is 18.6 Å². The van der Waals surface area contributed by atoms with Crippen LogP contribution in [0.3, 0.4) is 0 Å². The lowest BCUT2D eigenvalue weighted by Gasteiger charge is -2.50. The summed E-state index contributed by atoms with van der Waals surface area (Å²) in [5.41, 5.74) is 7.84. The van der Waals surface area contributed by atoms with Gasteiger partial charge in [-0.2, -0.15) is 0 Å². The highest BCUT2D eigenvalue weighted by molar-refractivity contribution is 5.03. The summed E-state index contributed by atoms with van der Waals surface area (Å²) in [6.45, 7) is 8.24. The summed E-state index contributed by atoms with van der Waals surface area (Å²) in [5, 5.41) is 0. The molecule has 1 saturated heterocycles. The van der Waals surface area contributed by atoms with Gasteiger partial charge < -0.3 is 5.73 Å². The predicted molar refractivity (Wildman–Crippen MR) is 81.1 cm³/mol. The van der Waals surface area contributed by atoms with E-state index in [9.17, 15) is 0 Å². The Morgan fingerprint density at radius 1 is 0.895 bits per heavy atom. The molecule has 0 bridgehead atoms. The van der Waals surface area contributed by atoms with E-state index < -0.39 is 0 Å².